The molecule has 138 valence electrons. The second-order valence-electron chi connectivity index (χ2n) is 6.51. The van der Waals surface area contributed by atoms with E-state index in [0.29, 0.717) is 30.9 Å². The van der Waals surface area contributed by atoms with Gasteiger partial charge in [0, 0.05) is 13.0 Å². The normalized spacial score (nSPS) is 17.0. The van der Waals surface area contributed by atoms with Crippen molar-refractivity contribution < 1.29 is 19.1 Å². The van der Waals surface area contributed by atoms with E-state index in [4.69, 9.17) is 9.47 Å². The van der Waals surface area contributed by atoms with Gasteiger partial charge in [-0.2, -0.15) is 0 Å². The van der Waals surface area contributed by atoms with E-state index in [1.54, 1.807) is 36.3 Å². The molecule has 0 unspecified atom stereocenters. The lowest BCUT2D eigenvalue weighted by Crippen LogP contribution is -2.41. The standard InChI is InChI=1S/C20H29NO4/c1-3-4-5-6-7-8-15-21-18(13-14-19(21)22)20(23)25-17-11-9-16(24-2)10-12-17/h9-12,18H,3-8,13-15H2,1-2H3/t18-/m0/s1. The number of carbonyl (C=O) groups is 2. The molecule has 1 fully saturated rings. The van der Waals surface area contributed by atoms with Gasteiger partial charge in [-0.25, -0.2) is 4.79 Å². The van der Waals surface area contributed by atoms with Gasteiger partial charge in [0.2, 0.25) is 5.91 Å². The fraction of sp³-hybridized carbons (Fsp3) is 0.600. The molecule has 1 aromatic rings. The molecule has 1 aliphatic rings. The number of hydrogen-bond donors (Lipinski definition) is 0. The molecule has 25 heavy (non-hydrogen) atoms. The molecule has 1 saturated heterocycles. The van der Waals surface area contributed by atoms with Crippen LogP contribution < -0.4 is 9.47 Å². The molecule has 0 aromatic heterocycles. The lowest BCUT2D eigenvalue weighted by molar-refractivity contribution is -0.144. The summed E-state index contributed by atoms with van der Waals surface area (Å²) in [6.07, 6.45) is 7.95. The van der Waals surface area contributed by atoms with Crippen LogP contribution in [0.3, 0.4) is 0 Å². The van der Waals surface area contributed by atoms with Crippen molar-refractivity contribution in [2.45, 2.75) is 64.3 Å². The molecule has 0 radical (unpaired) electrons. The van der Waals surface area contributed by atoms with Crippen LogP contribution in [0.4, 0.5) is 0 Å². The van der Waals surface area contributed by atoms with Crippen molar-refractivity contribution in [3.63, 3.8) is 0 Å². The molecule has 0 bridgehead atoms. The number of carbonyl (C=O) groups excluding carboxylic acids is 2. The average molecular weight is 347 g/mol. The van der Waals surface area contributed by atoms with Crippen LogP contribution >= 0.6 is 0 Å². The average Bonchev–Trinajstić information content (AvgIpc) is 2.99. The minimum Gasteiger partial charge on any atom is -0.497 e. The van der Waals surface area contributed by atoms with Crippen LogP contribution in [0.15, 0.2) is 24.3 Å². The van der Waals surface area contributed by atoms with Crippen molar-refractivity contribution >= 4 is 11.9 Å². The van der Waals surface area contributed by atoms with Gasteiger partial charge in [0.25, 0.3) is 0 Å². The second-order valence-corrected chi connectivity index (χ2v) is 6.51. The number of amides is 1. The fourth-order valence-electron chi connectivity index (χ4n) is 3.15. The molecule has 5 nitrogen and oxygen atoms in total. The number of rotatable bonds is 10. The van der Waals surface area contributed by atoms with Gasteiger partial charge >= 0.3 is 5.97 Å². The Morgan fingerprint density at radius 2 is 1.72 bits per heavy atom. The minimum absolute atomic E-state index is 0.0604. The van der Waals surface area contributed by atoms with Crippen LogP contribution in [0.2, 0.25) is 0 Å². The number of methoxy groups -OCH3 is 1. The Balaban J connectivity index is 1.83. The molecule has 0 saturated carbocycles. The first-order chi connectivity index (χ1) is 12.2. The minimum atomic E-state index is -0.453. The molecule has 1 aromatic carbocycles. The first-order valence-electron chi connectivity index (χ1n) is 9.31. The van der Waals surface area contributed by atoms with Gasteiger partial charge < -0.3 is 14.4 Å². The van der Waals surface area contributed by atoms with Crippen molar-refractivity contribution in [2.75, 3.05) is 13.7 Å². The highest BCUT2D eigenvalue weighted by molar-refractivity contribution is 5.89. The molecule has 5 heteroatoms. The molecule has 2 rings (SSSR count). The molecule has 0 aliphatic carbocycles. The third kappa shape index (κ3) is 5.76. The maximum absolute atomic E-state index is 12.5. The number of likely N-dealkylation sites (tertiary alicyclic amines) is 1. The molecule has 1 heterocycles. The Bertz CT molecular complexity index is 555. The number of nitrogens with zero attached hydrogens (tertiary/aromatic N) is 1. The highest BCUT2D eigenvalue weighted by Gasteiger charge is 2.36. The Hall–Kier alpha value is -2.04. The van der Waals surface area contributed by atoms with E-state index in [0.717, 1.165) is 12.8 Å². The SMILES string of the molecule is CCCCCCCCN1C(=O)CC[C@H]1C(=O)Oc1ccc(OC)cc1. The van der Waals surface area contributed by atoms with Gasteiger partial charge in [0.1, 0.15) is 17.5 Å². The number of hydrogen-bond acceptors (Lipinski definition) is 4. The Morgan fingerprint density at radius 3 is 2.40 bits per heavy atom. The maximum Gasteiger partial charge on any atom is 0.334 e. The molecule has 1 aliphatic heterocycles. The summed E-state index contributed by atoms with van der Waals surface area (Å²) in [5, 5.41) is 0. The van der Waals surface area contributed by atoms with E-state index < -0.39 is 6.04 Å². The summed E-state index contributed by atoms with van der Waals surface area (Å²) in [6.45, 7) is 2.84. The molecular formula is C20H29NO4. The third-order valence-electron chi connectivity index (χ3n) is 4.63. The highest BCUT2D eigenvalue weighted by Crippen LogP contribution is 2.23. The first-order valence-corrected chi connectivity index (χ1v) is 9.31. The Kier molecular flexibility index (Phi) is 7.76. The van der Waals surface area contributed by atoms with E-state index >= 15 is 0 Å². The molecule has 0 spiro atoms. The van der Waals surface area contributed by atoms with E-state index in [1.807, 2.05) is 0 Å². The van der Waals surface area contributed by atoms with Crippen molar-refractivity contribution in [3.8, 4) is 11.5 Å². The number of ether oxygens (including phenoxy) is 2. The smallest absolute Gasteiger partial charge is 0.334 e. The Labute approximate surface area is 150 Å². The summed E-state index contributed by atoms with van der Waals surface area (Å²) in [6, 6.07) is 6.44. The molecular weight excluding hydrogens is 318 g/mol. The van der Waals surface area contributed by atoms with Crippen molar-refractivity contribution in [1.82, 2.24) is 4.90 Å². The largest absolute Gasteiger partial charge is 0.497 e. The van der Waals surface area contributed by atoms with Crippen LogP contribution in [-0.4, -0.2) is 36.5 Å². The first kappa shape index (κ1) is 19.3. The topological polar surface area (TPSA) is 55.8 Å². The van der Waals surface area contributed by atoms with Gasteiger partial charge in [0.05, 0.1) is 7.11 Å². The summed E-state index contributed by atoms with van der Waals surface area (Å²) < 4.78 is 10.5. The summed E-state index contributed by atoms with van der Waals surface area (Å²) >= 11 is 0. The Morgan fingerprint density at radius 1 is 1.08 bits per heavy atom. The monoisotopic (exact) mass is 347 g/mol. The summed E-state index contributed by atoms with van der Waals surface area (Å²) in [4.78, 5) is 26.2. The van der Waals surface area contributed by atoms with Crippen LogP contribution in [0.25, 0.3) is 0 Å². The van der Waals surface area contributed by atoms with E-state index in [2.05, 4.69) is 6.92 Å². The zero-order valence-corrected chi connectivity index (χ0v) is 15.3. The lowest BCUT2D eigenvalue weighted by Gasteiger charge is -2.23. The van der Waals surface area contributed by atoms with E-state index in [1.165, 1.54) is 25.7 Å². The zero-order chi connectivity index (χ0) is 18.1. The van der Waals surface area contributed by atoms with Gasteiger partial charge in [0.15, 0.2) is 0 Å². The van der Waals surface area contributed by atoms with E-state index in [-0.39, 0.29) is 11.9 Å². The van der Waals surface area contributed by atoms with Crippen molar-refractivity contribution in [3.05, 3.63) is 24.3 Å². The lowest BCUT2D eigenvalue weighted by atomic mass is 10.1. The van der Waals surface area contributed by atoms with Crippen molar-refractivity contribution in [2.24, 2.45) is 0 Å². The number of benzene rings is 1. The quantitative estimate of drug-likeness (QED) is 0.365. The van der Waals surface area contributed by atoms with Crippen LogP contribution in [0.5, 0.6) is 11.5 Å². The third-order valence-corrected chi connectivity index (χ3v) is 4.63. The summed E-state index contributed by atoms with van der Waals surface area (Å²) in [5.74, 6) is 0.900. The maximum atomic E-state index is 12.5. The van der Waals surface area contributed by atoms with Crippen LogP contribution in [0, 0.1) is 0 Å². The summed E-state index contributed by atoms with van der Waals surface area (Å²) in [7, 11) is 1.59. The zero-order valence-electron chi connectivity index (χ0n) is 15.3. The van der Waals surface area contributed by atoms with Crippen LogP contribution in [-0.2, 0) is 9.59 Å². The van der Waals surface area contributed by atoms with Gasteiger partial charge in [-0.3, -0.25) is 4.79 Å². The number of unbranched alkanes of at least 4 members (excludes halogenated alkanes) is 5. The van der Waals surface area contributed by atoms with Crippen molar-refractivity contribution in [1.29, 1.82) is 0 Å². The summed E-state index contributed by atoms with van der Waals surface area (Å²) in [5.41, 5.74) is 0. The highest BCUT2D eigenvalue weighted by atomic mass is 16.5. The van der Waals surface area contributed by atoms with Gasteiger partial charge in [-0.05, 0) is 37.1 Å². The number of esters is 1. The molecule has 1 atom stereocenters. The molecule has 0 N–H and O–H groups in total. The van der Waals surface area contributed by atoms with Crippen LogP contribution in [0.1, 0.15) is 58.3 Å². The predicted octanol–water partition coefficient (Wildman–Crippen LogP) is 3.95. The molecule has 1 amide bonds. The second kappa shape index (κ2) is 10.1. The fourth-order valence-corrected chi connectivity index (χ4v) is 3.15. The van der Waals surface area contributed by atoms with Gasteiger partial charge in [-0.1, -0.05) is 39.0 Å². The van der Waals surface area contributed by atoms with E-state index in [9.17, 15) is 9.59 Å². The predicted molar refractivity (Wildman–Crippen MR) is 96.7 cm³/mol. The van der Waals surface area contributed by atoms with Gasteiger partial charge in [-0.15, -0.1) is 0 Å².